The molecule has 0 aliphatic heterocycles. The molecule has 0 aliphatic carbocycles. The minimum absolute atomic E-state index is 0.211. The monoisotopic (exact) mass is 431 g/mol. The number of hydrogen-bond donors (Lipinski definition) is 1. The molecule has 1 N–H and O–H groups in total. The molecular formula is C22H25NO8. The number of amides is 1. The molecule has 0 saturated carbocycles. The molecule has 0 aromatic heterocycles. The Morgan fingerprint density at radius 1 is 0.903 bits per heavy atom. The Morgan fingerprint density at radius 2 is 1.55 bits per heavy atom. The van der Waals surface area contributed by atoms with Crippen LogP contribution in [-0.4, -0.2) is 53.5 Å². The van der Waals surface area contributed by atoms with E-state index in [1.165, 1.54) is 40.6 Å². The van der Waals surface area contributed by atoms with Crippen LogP contribution in [0.3, 0.4) is 0 Å². The van der Waals surface area contributed by atoms with E-state index in [0.29, 0.717) is 41.0 Å². The van der Waals surface area contributed by atoms with Gasteiger partial charge in [-0.05, 0) is 18.2 Å². The fourth-order valence-electron chi connectivity index (χ4n) is 2.63. The van der Waals surface area contributed by atoms with Gasteiger partial charge < -0.3 is 33.7 Å². The first-order chi connectivity index (χ1) is 15.0. The molecule has 9 nitrogen and oxygen atoms in total. The number of carbonyl (C=O) groups is 2. The highest BCUT2D eigenvalue weighted by atomic mass is 16.5. The summed E-state index contributed by atoms with van der Waals surface area (Å²) >= 11 is 0. The zero-order valence-electron chi connectivity index (χ0n) is 17.9. The molecule has 2 rings (SSSR count). The summed E-state index contributed by atoms with van der Waals surface area (Å²) in [6.45, 7) is 3.38. The highest BCUT2D eigenvalue weighted by Gasteiger charge is 2.17. The first-order valence-electron chi connectivity index (χ1n) is 9.16. The summed E-state index contributed by atoms with van der Waals surface area (Å²) in [7, 11) is 5.86. The van der Waals surface area contributed by atoms with Crippen molar-refractivity contribution in [1.82, 2.24) is 0 Å². The molecule has 0 spiro atoms. The molecule has 2 aromatic carbocycles. The number of carbonyl (C=O) groups excluding carboxylic acids is 2. The largest absolute Gasteiger partial charge is 0.493 e. The first kappa shape index (κ1) is 23.4. The van der Waals surface area contributed by atoms with E-state index in [2.05, 4.69) is 11.9 Å². The molecule has 0 radical (unpaired) electrons. The number of ether oxygens (including phenoxy) is 6. The van der Waals surface area contributed by atoms with Crippen molar-refractivity contribution in [3.05, 3.63) is 48.6 Å². The third-order valence-electron chi connectivity index (χ3n) is 4.04. The van der Waals surface area contributed by atoms with E-state index in [0.717, 1.165) is 0 Å². The minimum Gasteiger partial charge on any atom is -0.493 e. The number of hydrogen-bond acceptors (Lipinski definition) is 8. The molecule has 31 heavy (non-hydrogen) atoms. The maximum absolute atomic E-state index is 12.3. The van der Waals surface area contributed by atoms with Gasteiger partial charge in [0.1, 0.15) is 6.61 Å². The van der Waals surface area contributed by atoms with Crippen molar-refractivity contribution in [1.29, 1.82) is 0 Å². The van der Waals surface area contributed by atoms with Crippen molar-refractivity contribution in [2.24, 2.45) is 0 Å². The van der Waals surface area contributed by atoms with Crippen LogP contribution in [0.5, 0.6) is 28.7 Å². The Balaban J connectivity index is 2.03. The van der Waals surface area contributed by atoms with E-state index in [4.69, 9.17) is 28.4 Å². The Labute approximate surface area is 180 Å². The maximum Gasteiger partial charge on any atom is 0.338 e. The van der Waals surface area contributed by atoms with Crippen LogP contribution >= 0.6 is 0 Å². The second-order valence-corrected chi connectivity index (χ2v) is 6.00. The number of methoxy groups -OCH3 is 4. The van der Waals surface area contributed by atoms with Crippen LogP contribution in [0.25, 0.3) is 0 Å². The van der Waals surface area contributed by atoms with Crippen molar-refractivity contribution in [3.8, 4) is 28.7 Å². The van der Waals surface area contributed by atoms with Gasteiger partial charge in [0, 0.05) is 17.8 Å². The number of rotatable bonds is 11. The third kappa shape index (κ3) is 6.05. The van der Waals surface area contributed by atoms with Crippen LogP contribution in [0, 0.1) is 0 Å². The summed E-state index contributed by atoms with van der Waals surface area (Å²) in [6, 6.07) is 7.69. The lowest BCUT2D eigenvalue weighted by Crippen LogP contribution is -2.21. The molecule has 166 valence electrons. The SMILES string of the molecule is C=CCOc1ccc(C(=O)OCC(=O)Nc2cc(OC)c(OC)c(OC)c2)cc1OC. The molecule has 2 aromatic rings. The van der Waals surface area contributed by atoms with E-state index >= 15 is 0 Å². The normalized spacial score (nSPS) is 9.94. The quantitative estimate of drug-likeness (QED) is 0.428. The van der Waals surface area contributed by atoms with Gasteiger partial charge in [0.05, 0.1) is 34.0 Å². The molecule has 0 aliphatic rings. The predicted octanol–water partition coefficient (Wildman–Crippen LogP) is 3.08. The van der Waals surface area contributed by atoms with E-state index in [9.17, 15) is 9.59 Å². The van der Waals surface area contributed by atoms with Gasteiger partial charge >= 0.3 is 5.97 Å². The van der Waals surface area contributed by atoms with Crippen LogP contribution in [0.2, 0.25) is 0 Å². The van der Waals surface area contributed by atoms with Gasteiger partial charge in [0.15, 0.2) is 29.6 Å². The average molecular weight is 431 g/mol. The topological polar surface area (TPSA) is 102 Å². The Bertz CT molecular complexity index is 916. The van der Waals surface area contributed by atoms with E-state index < -0.39 is 18.5 Å². The second-order valence-electron chi connectivity index (χ2n) is 6.00. The van der Waals surface area contributed by atoms with E-state index in [1.54, 1.807) is 24.3 Å². The van der Waals surface area contributed by atoms with Crippen LogP contribution < -0.4 is 29.0 Å². The predicted molar refractivity (Wildman–Crippen MR) is 114 cm³/mol. The van der Waals surface area contributed by atoms with Gasteiger partial charge in [-0.1, -0.05) is 12.7 Å². The highest BCUT2D eigenvalue weighted by molar-refractivity contribution is 5.96. The molecule has 0 atom stereocenters. The van der Waals surface area contributed by atoms with Gasteiger partial charge in [-0.25, -0.2) is 4.79 Å². The summed E-state index contributed by atoms with van der Waals surface area (Å²) in [6.07, 6.45) is 1.59. The van der Waals surface area contributed by atoms with Crippen molar-refractivity contribution in [2.45, 2.75) is 0 Å². The van der Waals surface area contributed by atoms with Crippen molar-refractivity contribution >= 4 is 17.6 Å². The highest BCUT2D eigenvalue weighted by Crippen LogP contribution is 2.39. The summed E-state index contributed by atoms with van der Waals surface area (Å²) < 4.78 is 31.5. The fourth-order valence-corrected chi connectivity index (χ4v) is 2.63. The smallest absolute Gasteiger partial charge is 0.338 e. The third-order valence-corrected chi connectivity index (χ3v) is 4.04. The standard InChI is InChI=1S/C22H25NO8/c1-6-9-30-16-8-7-14(10-17(16)26-2)22(25)31-13-20(24)23-15-11-18(27-3)21(29-5)19(12-15)28-4/h6-8,10-12H,1,9,13H2,2-5H3,(H,23,24). The van der Waals surface area contributed by atoms with Gasteiger partial charge in [-0.2, -0.15) is 0 Å². The molecule has 0 fully saturated rings. The van der Waals surface area contributed by atoms with Gasteiger partial charge in [-0.3, -0.25) is 4.79 Å². The van der Waals surface area contributed by atoms with Crippen molar-refractivity contribution in [3.63, 3.8) is 0 Å². The van der Waals surface area contributed by atoms with Crippen molar-refractivity contribution in [2.75, 3.05) is 47.0 Å². The van der Waals surface area contributed by atoms with Crippen LogP contribution in [-0.2, 0) is 9.53 Å². The maximum atomic E-state index is 12.3. The molecular weight excluding hydrogens is 406 g/mol. The van der Waals surface area contributed by atoms with Crippen LogP contribution in [0.1, 0.15) is 10.4 Å². The van der Waals surface area contributed by atoms with E-state index in [-0.39, 0.29) is 5.56 Å². The van der Waals surface area contributed by atoms with E-state index in [1.807, 2.05) is 0 Å². The summed E-state index contributed by atoms with van der Waals surface area (Å²) in [4.78, 5) is 24.6. The van der Waals surface area contributed by atoms with Gasteiger partial charge in [0.25, 0.3) is 5.91 Å². The van der Waals surface area contributed by atoms with Crippen LogP contribution in [0.15, 0.2) is 43.0 Å². The number of nitrogens with one attached hydrogen (secondary N) is 1. The molecule has 0 saturated heterocycles. The zero-order valence-corrected chi connectivity index (χ0v) is 17.9. The minimum atomic E-state index is -0.686. The summed E-state index contributed by atoms with van der Waals surface area (Å²) in [5, 5.41) is 2.62. The van der Waals surface area contributed by atoms with Crippen LogP contribution in [0.4, 0.5) is 5.69 Å². The molecule has 0 heterocycles. The molecule has 0 bridgehead atoms. The molecule has 9 heteroatoms. The first-order valence-corrected chi connectivity index (χ1v) is 9.16. The Morgan fingerprint density at radius 3 is 2.10 bits per heavy atom. The Kier molecular flexibility index (Phi) is 8.56. The number of esters is 1. The lowest BCUT2D eigenvalue weighted by atomic mass is 10.2. The lowest BCUT2D eigenvalue weighted by Gasteiger charge is -2.14. The summed E-state index contributed by atoms with van der Waals surface area (Å²) in [5.74, 6) is 0.732. The zero-order chi connectivity index (χ0) is 22.8. The summed E-state index contributed by atoms with van der Waals surface area (Å²) in [5.41, 5.74) is 0.601. The van der Waals surface area contributed by atoms with Gasteiger partial charge in [-0.15, -0.1) is 0 Å². The second kappa shape index (κ2) is 11.3. The number of anilines is 1. The molecule has 1 amide bonds. The lowest BCUT2D eigenvalue weighted by molar-refractivity contribution is -0.119. The number of benzene rings is 2. The van der Waals surface area contributed by atoms with Gasteiger partial charge in [0.2, 0.25) is 5.75 Å². The fraction of sp³-hybridized carbons (Fsp3) is 0.273. The average Bonchev–Trinajstić information content (AvgIpc) is 2.80. The van der Waals surface area contributed by atoms with Crippen molar-refractivity contribution < 1.29 is 38.0 Å². The Hall–Kier alpha value is -3.88. The molecule has 0 unspecified atom stereocenters.